The first-order chi connectivity index (χ1) is 8.92. The van der Waals surface area contributed by atoms with Gasteiger partial charge in [-0.1, -0.05) is 0 Å². The van der Waals surface area contributed by atoms with Gasteiger partial charge in [-0.05, 0) is 38.1 Å². The van der Waals surface area contributed by atoms with E-state index in [-0.39, 0.29) is 0 Å². The summed E-state index contributed by atoms with van der Waals surface area (Å²) >= 11 is 0. The van der Waals surface area contributed by atoms with Crippen LogP contribution in [0.5, 0.6) is 11.5 Å². The van der Waals surface area contributed by atoms with Crippen molar-refractivity contribution in [2.24, 2.45) is 11.7 Å². The third kappa shape index (κ3) is 3.86. The van der Waals surface area contributed by atoms with E-state index >= 15 is 0 Å². The van der Waals surface area contributed by atoms with Gasteiger partial charge in [0.2, 0.25) is 11.7 Å². The molecule has 0 aliphatic rings. The molecule has 1 aromatic rings. The maximum absolute atomic E-state index is 11.3. The van der Waals surface area contributed by atoms with Crippen molar-refractivity contribution in [1.82, 2.24) is 0 Å². The number of amides is 1. The van der Waals surface area contributed by atoms with Crippen LogP contribution in [0.25, 0.3) is 0 Å². The van der Waals surface area contributed by atoms with Crippen LogP contribution in [0.3, 0.4) is 0 Å². The van der Waals surface area contributed by atoms with Crippen molar-refractivity contribution in [3.05, 3.63) is 24.3 Å². The lowest BCUT2D eigenvalue weighted by Gasteiger charge is -2.32. The zero-order valence-corrected chi connectivity index (χ0v) is 11.8. The first-order valence-corrected chi connectivity index (χ1v) is 6.19. The molecule has 0 aliphatic heterocycles. The fraction of sp³-hybridized carbons (Fsp3) is 0.500. The highest BCUT2D eigenvalue weighted by Gasteiger charge is 2.37. The molecule has 0 aromatic heterocycles. The number of nitrogens with two attached hydrogens (primary N) is 1. The molecule has 19 heavy (non-hydrogen) atoms. The standard InChI is InChI=1S/C14H21NO4/c1-5-18-11-6-8-12(9-7-11)19-14(3,17-4)10(2)13(15)16/h6-10H,5H2,1-4H3,(H2,15,16). The van der Waals surface area contributed by atoms with Gasteiger partial charge in [0.1, 0.15) is 11.5 Å². The number of methoxy groups -OCH3 is 1. The molecule has 1 amide bonds. The molecular weight excluding hydrogens is 246 g/mol. The lowest BCUT2D eigenvalue weighted by molar-refractivity contribution is -0.186. The molecule has 0 radical (unpaired) electrons. The maximum Gasteiger partial charge on any atom is 0.226 e. The number of primary amides is 1. The van der Waals surface area contributed by atoms with Gasteiger partial charge in [0, 0.05) is 14.0 Å². The van der Waals surface area contributed by atoms with E-state index in [9.17, 15) is 4.79 Å². The molecule has 0 heterocycles. The predicted molar refractivity (Wildman–Crippen MR) is 72.0 cm³/mol. The second kappa shape index (κ2) is 6.43. The van der Waals surface area contributed by atoms with E-state index in [0.29, 0.717) is 12.4 Å². The molecular formula is C14H21NO4. The Balaban J connectivity index is 2.83. The summed E-state index contributed by atoms with van der Waals surface area (Å²) in [6.45, 7) is 5.87. The number of benzene rings is 1. The largest absolute Gasteiger partial charge is 0.494 e. The van der Waals surface area contributed by atoms with Crippen LogP contribution in [0, 0.1) is 5.92 Å². The van der Waals surface area contributed by atoms with Gasteiger partial charge in [-0.2, -0.15) is 0 Å². The van der Waals surface area contributed by atoms with Crippen LogP contribution < -0.4 is 15.2 Å². The number of hydrogen-bond donors (Lipinski definition) is 1. The molecule has 2 N–H and O–H groups in total. The lowest BCUT2D eigenvalue weighted by Crippen LogP contribution is -2.47. The van der Waals surface area contributed by atoms with E-state index in [1.807, 2.05) is 6.92 Å². The van der Waals surface area contributed by atoms with Gasteiger partial charge in [-0.25, -0.2) is 0 Å². The van der Waals surface area contributed by atoms with E-state index < -0.39 is 17.6 Å². The van der Waals surface area contributed by atoms with E-state index in [1.54, 1.807) is 38.1 Å². The van der Waals surface area contributed by atoms with Crippen molar-refractivity contribution in [2.45, 2.75) is 26.6 Å². The zero-order chi connectivity index (χ0) is 14.5. The first-order valence-electron chi connectivity index (χ1n) is 6.19. The van der Waals surface area contributed by atoms with Crippen LogP contribution in [0.1, 0.15) is 20.8 Å². The van der Waals surface area contributed by atoms with Crippen molar-refractivity contribution >= 4 is 5.91 Å². The van der Waals surface area contributed by atoms with Gasteiger partial charge >= 0.3 is 0 Å². The number of ether oxygens (including phenoxy) is 3. The van der Waals surface area contributed by atoms with Gasteiger partial charge in [0.25, 0.3) is 0 Å². The maximum atomic E-state index is 11.3. The molecule has 5 nitrogen and oxygen atoms in total. The van der Waals surface area contributed by atoms with Crippen LogP contribution >= 0.6 is 0 Å². The lowest BCUT2D eigenvalue weighted by atomic mass is 10.0. The van der Waals surface area contributed by atoms with Gasteiger partial charge in [0.15, 0.2) is 0 Å². The molecule has 2 atom stereocenters. The third-order valence-corrected chi connectivity index (χ3v) is 3.07. The van der Waals surface area contributed by atoms with Crippen LogP contribution in [0.4, 0.5) is 0 Å². The van der Waals surface area contributed by atoms with Crippen molar-refractivity contribution in [3.8, 4) is 11.5 Å². The Kier molecular flexibility index (Phi) is 5.18. The van der Waals surface area contributed by atoms with Crippen molar-refractivity contribution < 1.29 is 19.0 Å². The average Bonchev–Trinajstić information content (AvgIpc) is 2.40. The highest BCUT2D eigenvalue weighted by atomic mass is 16.7. The highest BCUT2D eigenvalue weighted by Crippen LogP contribution is 2.27. The molecule has 1 rings (SSSR count). The van der Waals surface area contributed by atoms with Crippen LogP contribution in [-0.4, -0.2) is 25.4 Å². The van der Waals surface area contributed by atoms with Crippen LogP contribution in [0.15, 0.2) is 24.3 Å². The molecule has 5 heteroatoms. The second-order valence-electron chi connectivity index (χ2n) is 4.35. The molecule has 0 spiro atoms. The molecule has 0 saturated heterocycles. The van der Waals surface area contributed by atoms with Crippen LogP contribution in [-0.2, 0) is 9.53 Å². The average molecular weight is 267 g/mol. The summed E-state index contributed by atoms with van der Waals surface area (Å²) in [4.78, 5) is 11.3. The summed E-state index contributed by atoms with van der Waals surface area (Å²) in [7, 11) is 1.48. The topological polar surface area (TPSA) is 70.8 Å². The minimum absolute atomic E-state index is 0.477. The SMILES string of the molecule is CCOc1ccc(OC(C)(OC)C(C)C(N)=O)cc1. The molecule has 106 valence electrons. The summed E-state index contributed by atoms with van der Waals surface area (Å²) in [6, 6.07) is 7.11. The smallest absolute Gasteiger partial charge is 0.226 e. The Morgan fingerprint density at radius 1 is 1.32 bits per heavy atom. The quantitative estimate of drug-likeness (QED) is 0.766. The first kappa shape index (κ1) is 15.3. The summed E-state index contributed by atoms with van der Waals surface area (Å²) in [5.74, 6) is -0.809. The zero-order valence-electron chi connectivity index (χ0n) is 11.8. The minimum atomic E-state index is -1.10. The Bertz CT molecular complexity index is 418. The summed E-state index contributed by atoms with van der Waals surface area (Å²) in [5.41, 5.74) is 5.30. The molecule has 0 saturated carbocycles. The second-order valence-corrected chi connectivity index (χ2v) is 4.35. The fourth-order valence-corrected chi connectivity index (χ4v) is 1.57. The summed E-state index contributed by atoms with van der Waals surface area (Å²) in [5, 5.41) is 0. The molecule has 0 fully saturated rings. The number of rotatable bonds is 7. The Morgan fingerprint density at radius 3 is 2.26 bits per heavy atom. The summed E-state index contributed by atoms with van der Waals surface area (Å²) < 4.78 is 16.4. The van der Waals surface area contributed by atoms with E-state index in [1.165, 1.54) is 7.11 Å². The number of carbonyl (C=O) groups is 1. The third-order valence-electron chi connectivity index (χ3n) is 3.07. The van der Waals surface area contributed by atoms with E-state index in [0.717, 1.165) is 5.75 Å². The molecule has 0 aliphatic carbocycles. The van der Waals surface area contributed by atoms with Crippen molar-refractivity contribution in [1.29, 1.82) is 0 Å². The van der Waals surface area contributed by atoms with E-state index in [4.69, 9.17) is 19.9 Å². The Morgan fingerprint density at radius 2 is 1.84 bits per heavy atom. The Labute approximate surface area is 113 Å². The monoisotopic (exact) mass is 267 g/mol. The Hall–Kier alpha value is -1.75. The molecule has 0 bridgehead atoms. The van der Waals surface area contributed by atoms with Gasteiger partial charge in [-0.3, -0.25) is 4.79 Å². The van der Waals surface area contributed by atoms with Gasteiger partial charge < -0.3 is 19.9 Å². The minimum Gasteiger partial charge on any atom is -0.494 e. The predicted octanol–water partition coefficient (Wildman–Crippen LogP) is 1.95. The fourth-order valence-electron chi connectivity index (χ4n) is 1.57. The van der Waals surface area contributed by atoms with Gasteiger partial charge in [-0.15, -0.1) is 0 Å². The number of hydrogen-bond acceptors (Lipinski definition) is 4. The van der Waals surface area contributed by atoms with E-state index in [2.05, 4.69) is 0 Å². The normalized spacial score (nSPS) is 15.4. The van der Waals surface area contributed by atoms with Crippen molar-refractivity contribution in [3.63, 3.8) is 0 Å². The highest BCUT2D eigenvalue weighted by molar-refractivity contribution is 5.77. The van der Waals surface area contributed by atoms with Crippen molar-refractivity contribution in [2.75, 3.05) is 13.7 Å². The van der Waals surface area contributed by atoms with Crippen LogP contribution in [0.2, 0.25) is 0 Å². The number of carbonyl (C=O) groups excluding carboxylic acids is 1. The summed E-state index contributed by atoms with van der Waals surface area (Å²) in [6.07, 6.45) is 0. The molecule has 1 aromatic carbocycles. The molecule has 2 unspecified atom stereocenters. The van der Waals surface area contributed by atoms with Gasteiger partial charge in [0.05, 0.1) is 12.5 Å².